The molecule has 0 aliphatic carbocycles. The van der Waals surface area contributed by atoms with Crippen molar-refractivity contribution in [1.29, 1.82) is 0 Å². The van der Waals surface area contributed by atoms with Gasteiger partial charge in [-0.1, -0.05) is 103 Å². The third-order valence-electron chi connectivity index (χ3n) is 6.97. The number of rotatable bonds is 20. The van der Waals surface area contributed by atoms with E-state index < -0.39 is 0 Å². The Kier molecular flexibility index (Phi) is 17.5. The lowest BCUT2D eigenvalue weighted by molar-refractivity contribution is 0.386. The second-order valence-corrected chi connectivity index (χ2v) is 10.5. The molecule has 3 nitrogen and oxygen atoms in total. The van der Waals surface area contributed by atoms with Crippen LogP contribution in [0.15, 0.2) is 18.2 Å². The van der Waals surface area contributed by atoms with E-state index in [0.29, 0.717) is 0 Å². The summed E-state index contributed by atoms with van der Waals surface area (Å²) in [4.78, 5) is 7.30. The molecule has 0 aliphatic heterocycles. The summed E-state index contributed by atoms with van der Waals surface area (Å²) in [7, 11) is 4.32. The molecule has 4 heteroatoms. The van der Waals surface area contributed by atoms with E-state index in [-0.39, 0.29) is 12.4 Å². The first-order valence-corrected chi connectivity index (χ1v) is 14.2. The first kappa shape index (κ1) is 31.0. The average molecular weight is 492 g/mol. The maximum Gasteiger partial charge on any atom is 0.109 e. The van der Waals surface area contributed by atoms with Crippen LogP contribution in [0.3, 0.4) is 0 Å². The molecule has 0 atom stereocenters. The van der Waals surface area contributed by atoms with E-state index in [9.17, 15) is 0 Å². The Hall–Kier alpha value is -1.06. The smallest absolute Gasteiger partial charge is 0.109 e. The van der Waals surface area contributed by atoms with Crippen LogP contribution >= 0.6 is 12.4 Å². The van der Waals surface area contributed by atoms with E-state index in [4.69, 9.17) is 4.98 Å². The highest BCUT2D eigenvalue weighted by atomic mass is 35.5. The molecule has 0 N–H and O–H groups in total. The lowest BCUT2D eigenvalue weighted by Crippen LogP contribution is -2.16. The Morgan fingerprint density at radius 3 is 1.79 bits per heavy atom. The lowest BCUT2D eigenvalue weighted by atomic mass is 10.0. The van der Waals surface area contributed by atoms with Crippen LogP contribution in [0.2, 0.25) is 0 Å². The number of hydrogen-bond acceptors (Lipinski definition) is 2. The fourth-order valence-electron chi connectivity index (χ4n) is 4.93. The van der Waals surface area contributed by atoms with Crippen LogP contribution < -0.4 is 0 Å². The number of unbranched alkanes of at least 4 members (excludes halogenated alkanes) is 14. The van der Waals surface area contributed by atoms with Gasteiger partial charge < -0.3 is 9.47 Å². The van der Waals surface area contributed by atoms with Gasteiger partial charge in [-0.2, -0.15) is 0 Å². The highest BCUT2D eigenvalue weighted by Crippen LogP contribution is 2.20. The Bertz CT molecular complexity index is 753. The van der Waals surface area contributed by atoms with Crippen molar-refractivity contribution in [3.8, 4) is 0 Å². The monoisotopic (exact) mass is 491 g/mol. The summed E-state index contributed by atoms with van der Waals surface area (Å²) in [6.45, 7) is 6.67. The molecule has 0 radical (unpaired) electrons. The van der Waals surface area contributed by atoms with E-state index >= 15 is 0 Å². The molecule has 34 heavy (non-hydrogen) atoms. The van der Waals surface area contributed by atoms with E-state index in [1.807, 2.05) is 0 Å². The minimum absolute atomic E-state index is 0. The van der Waals surface area contributed by atoms with E-state index in [1.54, 1.807) is 0 Å². The van der Waals surface area contributed by atoms with Crippen LogP contribution in [0.5, 0.6) is 0 Å². The Morgan fingerprint density at radius 2 is 1.26 bits per heavy atom. The molecule has 2 rings (SSSR count). The number of nitrogens with zero attached hydrogens (tertiary/aromatic N) is 3. The molecule has 0 spiro atoms. The highest BCUT2D eigenvalue weighted by molar-refractivity contribution is 5.85. The number of aromatic nitrogens is 2. The minimum Gasteiger partial charge on any atom is -0.328 e. The molecular weight excluding hydrogens is 438 g/mol. The maximum absolute atomic E-state index is 5.02. The molecule has 0 bridgehead atoms. The number of fused-ring (bicyclic) bond motifs is 1. The number of halogens is 1. The van der Waals surface area contributed by atoms with Gasteiger partial charge in [-0.05, 0) is 58.1 Å². The topological polar surface area (TPSA) is 21.1 Å². The van der Waals surface area contributed by atoms with E-state index in [2.05, 4.69) is 55.6 Å². The van der Waals surface area contributed by atoms with Gasteiger partial charge in [-0.15, -0.1) is 12.4 Å². The van der Waals surface area contributed by atoms with E-state index in [0.717, 1.165) is 19.5 Å². The van der Waals surface area contributed by atoms with Gasteiger partial charge in [0.15, 0.2) is 0 Å². The standard InChI is InChI=1S/C30H53N3.ClH/c1-5-6-7-8-9-10-11-12-13-14-15-16-17-18-19-21-30-31-28-26-27(2)22-23-29(28)33(30)25-20-24-32(3)4;/h22-23,26H,5-21,24-25H2,1-4H3;1H. The van der Waals surface area contributed by atoms with Crippen LogP contribution in [0.25, 0.3) is 11.0 Å². The molecule has 0 unspecified atom stereocenters. The summed E-state index contributed by atoms with van der Waals surface area (Å²) in [6, 6.07) is 6.74. The van der Waals surface area contributed by atoms with Gasteiger partial charge in [0, 0.05) is 13.0 Å². The molecule has 0 aliphatic rings. The minimum atomic E-state index is 0. The normalized spacial score (nSPS) is 11.4. The van der Waals surface area contributed by atoms with Crippen molar-refractivity contribution in [1.82, 2.24) is 14.5 Å². The molecule has 0 amide bonds. The fraction of sp³-hybridized carbons (Fsp3) is 0.767. The van der Waals surface area contributed by atoms with Crippen molar-refractivity contribution in [3.05, 3.63) is 29.6 Å². The van der Waals surface area contributed by atoms with Crippen molar-refractivity contribution >= 4 is 23.4 Å². The molecule has 0 saturated heterocycles. The molecule has 0 saturated carbocycles. The Labute approximate surface area is 217 Å². The van der Waals surface area contributed by atoms with Gasteiger partial charge in [-0.3, -0.25) is 0 Å². The fourth-order valence-corrected chi connectivity index (χ4v) is 4.93. The summed E-state index contributed by atoms with van der Waals surface area (Å²) >= 11 is 0. The molecule has 1 aromatic carbocycles. The van der Waals surface area contributed by atoms with Crippen LogP contribution in [-0.2, 0) is 13.0 Å². The third kappa shape index (κ3) is 12.6. The van der Waals surface area contributed by atoms with Crippen LogP contribution in [0.1, 0.15) is 121 Å². The molecule has 1 heterocycles. The van der Waals surface area contributed by atoms with Crippen molar-refractivity contribution in [2.75, 3.05) is 20.6 Å². The zero-order valence-electron chi connectivity index (χ0n) is 22.9. The largest absolute Gasteiger partial charge is 0.328 e. The SMILES string of the molecule is CCCCCCCCCCCCCCCCCc1nc2cc(C)ccc2n1CCCN(C)C.Cl. The quantitative estimate of drug-likeness (QED) is 0.172. The summed E-state index contributed by atoms with van der Waals surface area (Å²) in [5.41, 5.74) is 3.80. The zero-order valence-corrected chi connectivity index (χ0v) is 23.7. The number of imidazole rings is 1. The number of benzene rings is 1. The van der Waals surface area contributed by atoms with Gasteiger partial charge in [0.2, 0.25) is 0 Å². The van der Waals surface area contributed by atoms with Crippen LogP contribution in [-0.4, -0.2) is 35.1 Å². The van der Waals surface area contributed by atoms with Crippen molar-refractivity contribution in [3.63, 3.8) is 0 Å². The average Bonchev–Trinajstić information content (AvgIpc) is 3.12. The maximum atomic E-state index is 5.02. The van der Waals surface area contributed by atoms with Crippen LogP contribution in [0.4, 0.5) is 0 Å². The Morgan fingerprint density at radius 1 is 0.735 bits per heavy atom. The van der Waals surface area contributed by atoms with Crippen molar-refractivity contribution in [2.24, 2.45) is 0 Å². The number of hydrogen-bond donors (Lipinski definition) is 0. The highest BCUT2D eigenvalue weighted by Gasteiger charge is 2.11. The first-order valence-electron chi connectivity index (χ1n) is 14.2. The van der Waals surface area contributed by atoms with Crippen molar-refractivity contribution < 1.29 is 0 Å². The van der Waals surface area contributed by atoms with Gasteiger partial charge >= 0.3 is 0 Å². The lowest BCUT2D eigenvalue weighted by Gasteiger charge is -2.12. The molecule has 196 valence electrons. The van der Waals surface area contributed by atoms with Crippen molar-refractivity contribution in [2.45, 2.75) is 130 Å². The van der Waals surface area contributed by atoms with Gasteiger partial charge in [0.25, 0.3) is 0 Å². The first-order chi connectivity index (χ1) is 16.1. The summed E-state index contributed by atoms with van der Waals surface area (Å²) < 4.78 is 2.49. The molecule has 1 aromatic heterocycles. The predicted octanol–water partition coefficient (Wildman–Crippen LogP) is 9.13. The van der Waals surface area contributed by atoms with Gasteiger partial charge in [-0.25, -0.2) is 4.98 Å². The summed E-state index contributed by atoms with van der Waals surface area (Å²) in [5.74, 6) is 1.30. The summed E-state index contributed by atoms with van der Waals surface area (Å²) in [6.07, 6.45) is 23.6. The summed E-state index contributed by atoms with van der Waals surface area (Å²) in [5, 5.41) is 0. The number of aryl methyl sites for hydroxylation is 3. The second kappa shape index (κ2) is 19.2. The molecule has 0 fully saturated rings. The molecule has 2 aromatic rings. The molecular formula is C30H54ClN3. The predicted molar refractivity (Wildman–Crippen MR) is 154 cm³/mol. The second-order valence-electron chi connectivity index (χ2n) is 10.5. The van der Waals surface area contributed by atoms with Gasteiger partial charge in [0.05, 0.1) is 11.0 Å². The van der Waals surface area contributed by atoms with Crippen LogP contribution in [0, 0.1) is 6.92 Å². The van der Waals surface area contributed by atoms with Gasteiger partial charge in [0.1, 0.15) is 5.82 Å². The van der Waals surface area contributed by atoms with E-state index in [1.165, 1.54) is 125 Å². The zero-order chi connectivity index (χ0) is 23.7. The Balaban J connectivity index is 0.00000578. The third-order valence-corrected chi connectivity index (χ3v) is 6.97.